The quantitative estimate of drug-likeness (QED) is 0.537. The molecule has 86 valence electrons. The molecule has 0 aromatic heterocycles. The lowest BCUT2D eigenvalue weighted by atomic mass is 10.1. The molecule has 2 unspecified atom stereocenters. The van der Waals surface area contributed by atoms with Crippen LogP contribution in [0.2, 0.25) is 0 Å². The third-order valence-electron chi connectivity index (χ3n) is 2.55. The van der Waals surface area contributed by atoms with Crippen molar-refractivity contribution in [2.24, 2.45) is 0 Å². The predicted molar refractivity (Wildman–Crippen MR) is 46.8 cm³/mol. The fraction of sp³-hybridized carbons (Fsp3) is 0.889. The summed E-state index contributed by atoms with van der Waals surface area (Å²) in [6.45, 7) is 3.69. The zero-order valence-corrected chi connectivity index (χ0v) is 8.54. The third-order valence-corrected chi connectivity index (χ3v) is 2.55. The standard InChI is InChI=1S/C9H14O6/c1-9(2)13-3-4(15-9)7-5(10)6(11)8(12)14-7/h4-7,10-11H,3H2,1-2H3/t4?,5-,6?,7+/m1/s1. The van der Waals surface area contributed by atoms with Gasteiger partial charge < -0.3 is 24.4 Å². The molecule has 0 radical (unpaired) electrons. The molecule has 0 aromatic rings. The number of carbonyl (C=O) groups is 1. The van der Waals surface area contributed by atoms with Gasteiger partial charge in [0.2, 0.25) is 0 Å². The molecular formula is C9H14O6. The normalized spacial score (nSPS) is 44.4. The minimum absolute atomic E-state index is 0.231. The molecule has 2 N–H and O–H groups in total. The fourth-order valence-corrected chi connectivity index (χ4v) is 1.77. The van der Waals surface area contributed by atoms with Crippen molar-refractivity contribution in [1.29, 1.82) is 0 Å². The molecule has 6 nitrogen and oxygen atoms in total. The van der Waals surface area contributed by atoms with Gasteiger partial charge in [-0.3, -0.25) is 0 Å². The highest BCUT2D eigenvalue weighted by molar-refractivity contribution is 5.77. The minimum Gasteiger partial charge on any atom is -0.455 e. The SMILES string of the molecule is CC1(C)OCC([C@@H]2OC(=O)C(O)[C@H]2O)O1. The van der Waals surface area contributed by atoms with Gasteiger partial charge in [-0.25, -0.2) is 4.79 Å². The highest BCUT2D eigenvalue weighted by Gasteiger charge is 2.50. The van der Waals surface area contributed by atoms with E-state index in [-0.39, 0.29) is 6.61 Å². The molecule has 2 rings (SSSR count). The molecule has 2 saturated heterocycles. The van der Waals surface area contributed by atoms with Gasteiger partial charge in [0.25, 0.3) is 0 Å². The smallest absolute Gasteiger partial charge is 0.338 e. The molecular weight excluding hydrogens is 204 g/mol. The number of aliphatic hydroxyl groups excluding tert-OH is 2. The van der Waals surface area contributed by atoms with E-state index < -0.39 is 36.2 Å². The maximum Gasteiger partial charge on any atom is 0.338 e. The van der Waals surface area contributed by atoms with E-state index in [0.717, 1.165) is 0 Å². The molecule has 2 aliphatic rings. The molecule has 0 aliphatic carbocycles. The number of aliphatic hydroxyl groups is 2. The van der Waals surface area contributed by atoms with Crippen LogP contribution in [-0.2, 0) is 19.0 Å². The largest absolute Gasteiger partial charge is 0.455 e. The second-order valence-corrected chi connectivity index (χ2v) is 4.20. The van der Waals surface area contributed by atoms with Crippen molar-refractivity contribution in [1.82, 2.24) is 0 Å². The number of esters is 1. The molecule has 6 heteroatoms. The van der Waals surface area contributed by atoms with Crippen molar-refractivity contribution >= 4 is 5.97 Å². The van der Waals surface area contributed by atoms with Gasteiger partial charge in [-0.2, -0.15) is 0 Å². The van der Waals surface area contributed by atoms with Crippen molar-refractivity contribution in [3.63, 3.8) is 0 Å². The van der Waals surface area contributed by atoms with E-state index in [1.807, 2.05) is 0 Å². The van der Waals surface area contributed by atoms with Gasteiger partial charge in [0.15, 0.2) is 18.0 Å². The van der Waals surface area contributed by atoms with Crippen LogP contribution in [-0.4, -0.2) is 53.0 Å². The van der Waals surface area contributed by atoms with Crippen molar-refractivity contribution < 1.29 is 29.2 Å². The lowest BCUT2D eigenvalue weighted by Crippen LogP contribution is -2.40. The average Bonchev–Trinajstić information content (AvgIpc) is 2.62. The maximum atomic E-state index is 11.0. The monoisotopic (exact) mass is 218 g/mol. The van der Waals surface area contributed by atoms with E-state index in [1.54, 1.807) is 13.8 Å². The van der Waals surface area contributed by atoms with Crippen LogP contribution in [0, 0.1) is 0 Å². The van der Waals surface area contributed by atoms with Crippen LogP contribution in [0.1, 0.15) is 13.8 Å². The van der Waals surface area contributed by atoms with Crippen LogP contribution in [0.4, 0.5) is 0 Å². The Morgan fingerprint density at radius 3 is 2.47 bits per heavy atom. The summed E-state index contributed by atoms with van der Waals surface area (Å²) in [6.07, 6.45) is -4.12. The van der Waals surface area contributed by atoms with Gasteiger partial charge in [0, 0.05) is 0 Å². The molecule has 2 aliphatic heterocycles. The lowest BCUT2D eigenvalue weighted by molar-refractivity contribution is -0.166. The summed E-state index contributed by atoms with van der Waals surface area (Å²) in [5, 5.41) is 18.7. The van der Waals surface area contributed by atoms with Crippen LogP contribution in [0.25, 0.3) is 0 Å². The second kappa shape index (κ2) is 3.41. The summed E-state index contributed by atoms with van der Waals surface area (Å²) in [5.74, 6) is -1.56. The molecule has 15 heavy (non-hydrogen) atoms. The Morgan fingerprint density at radius 2 is 2.07 bits per heavy atom. The number of hydrogen-bond acceptors (Lipinski definition) is 6. The van der Waals surface area contributed by atoms with Crippen LogP contribution >= 0.6 is 0 Å². The first-order valence-corrected chi connectivity index (χ1v) is 4.79. The van der Waals surface area contributed by atoms with Gasteiger partial charge in [-0.1, -0.05) is 0 Å². The zero-order valence-electron chi connectivity index (χ0n) is 8.54. The van der Waals surface area contributed by atoms with E-state index >= 15 is 0 Å². The van der Waals surface area contributed by atoms with Crippen LogP contribution in [0.3, 0.4) is 0 Å². The number of hydrogen-bond donors (Lipinski definition) is 2. The summed E-state index contributed by atoms with van der Waals surface area (Å²) in [5.41, 5.74) is 0. The van der Waals surface area contributed by atoms with Gasteiger partial charge in [0.1, 0.15) is 12.2 Å². The Hall–Kier alpha value is -0.690. The first kappa shape index (κ1) is 10.8. The first-order valence-electron chi connectivity index (χ1n) is 4.79. The summed E-state index contributed by atoms with van der Waals surface area (Å²) < 4.78 is 15.5. The average molecular weight is 218 g/mol. The second-order valence-electron chi connectivity index (χ2n) is 4.20. The molecule has 0 aromatic carbocycles. The number of carbonyl (C=O) groups excluding carboxylic acids is 1. The first-order chi connectivity index (χ1) is 6.91. The minimum atomic E-state index is -1.48. The topological polar surface area (TPSA) is 85.2 Å². The summed E-state index contributed by atoms with van der Waals surface area (Å²) in [4.78, 5) is 11.0. The number of rotatable bonds is 1. The highest BCUT2D eigenvalue weighted by atomic mass is 16.8. The molecule has 2 fully saturated rings. The van der Waals surface area contributed by atoms with Crippen molar-refractivity contribution in [2.75, 3.05) is 6.61 Å². The van der Waals surface area contributed by atoms with Crippen LogP contribution in [0.15, 0.2) is 0 Å². The summed E-state index contributed by atoms with van der Waals surface area (Å²) >= 11 is 0. The number of ether oxygens (including phenoxy) is 3. The van der Waals surface area contributed by atoms with Gasteiger partial charge in [0.05, 0.1) is 6.61 Å². The fourth-order valence-electron chi connectivity index (χ4n) is 1.77. The van der Waals surface area contributed by atoms with E-state index in [9.17, 15) is 15.0 Å². The molecule has 0 saturated carbocycles. The van der Waals surface area contributed by atoms with E-state index in [1.165, 1.54) is 0 Å². The Balaban J connectivity index is 2.04. The van der Waals surface area contributed by atoms with Gasteiger partial charge in [-0.05, 0) is 13.8 Å². The third kappa shape index (κ3) is 1.85. The molecule has 0 spiro atoms. The van der Waals surface area contributed by atoms with Gasteiger partial charge in [-0.15, -0.1) is 0 Å². The molecule has 0 amide bonds. The maximum absolute atomic E-state index is 11.0. The van der Waals surface area contributed by atoms with Crippen molar-refractivity contribution in [3.8, 4) is 0 Å². The number of cyclic esters (lactones) is 1. The molecule has 4 atom stereocenters. The van der Waals surface area contributed by atoms with E-state index in [4.69, 9.17) is 14.2 Å². The van der Waals surface area contributed by atoms with E-state index in [2.05, 4.69) is 0 Å². The van der Waals surface area contributed by atoms with Crippen molar-refractivity contribution in [3.05, 3.63) is 0 Å². The molecule has 2 heterocycles. The lowest BCUT2D eigenvalue weighted by Gasteiger charge is -2.21. The molecule has 0 bridgehead atoms. The Labute approximate surface area is 86.7 Å². The van der Waals surface area contributed by atoms with Crippen LogP contribution in [0.5, 0.6) is 0 Å². The van der Waals surface area contributed by atoms with E-state index in [0.29, 0.717) is 0 Å². The Bertz CT molecular complexity index is 276. The Morgan fingerprint density at radius 1 is 1.40 bits per heavy atom. The van der Waals surface area contributed by atoms with Gasteiger partial charge >= 0.3 is 5.97 Å². The predicted octanol–water partition coefficient (Wildman–Crippen LogP) is -1.21. The summed E-state index contributed by atoms with van der Waals surface area (Å²) in [7, 11) is 0. The van der Waals surface area contributed by atoms with Crippen LogP contribution < -0.4 is 0 Å². The highest BCUT2D eigenvalue weighted by Crippen LogP contribution is 2.30. The zero-order chi connectivity index (χ0) is 11.2. The Kier molecular flexibility index (Phi) is 2.46. The summed E-state index contributed by atoms with van der Waals surface area (Å²) in [6, 6.07) is 0. The van der Waals surface area contributed by atoms with Crippen molar-refractivity contribution in [2.45, 2.75) is 44.1 Å².